The summed E-state index contributed by atoms with van der Waals surface area (Å²) in [7, 11) is -1.71. The third-order valence-corrected chi connectivity index (χ3v) is 6.48. The molecule has 2 N–H and O–H groups in total. The lowest BCUT2D eigenvalue weighted by Gasteiger charge is -2.27. The normalized spacial score (nSPS) is 16.4. The molecule has 0 saturated heterocycles. The Morgan fingerprint density at radius 2 is 1.82 bits per heavy atom. The van der Waals surface area contributed by atoms with Crippen LogP contribution in [0.15, 0.2) is 54.7 Å². The highest BCUT2D eigenvalue weighted by atomic mass is 32.2. The molecule has 0 spiro atoms. The van der Waals surface area contributed by atoms with Crippen molar-refractivity contribution in [3.8, 4) is 17.0 Å². The molecule has 1 atom stereocenters. The molecular weight excluding hydrogens is 450 g/mol. The number of nitrogens with one attached hydrogen (secondary N) is 2. The summed E-state index contributed by atoms with van der Waals surface area (Å²) in [6, 6.07) is 13.0. The molecule has 8 heteroatoms. The van der Waals surface area contributed by atoms with Gasteiger partial charge in [0.1, 0.15) is 11.3 Å². The van der Waals surface area contributed by atoms with Crippen LogP contribution in [0.5, 0.6) is 5.75 Å². The molecule has 2 heterocycles. The Labute approximate surface area is 200 Å². The zero-order valence-corrected chi connectivity index (χ0v) is 20.8. The summed E-state index contributed by atoms with van der Waals surface area (Å²) in [6.07, 6.45) is 5.39. The monoisotopic (exact) mass is 479 g/mol. The van der Waals surface area contributed by atoms with E-state index in [9.17, 15) is 13.2 Å². The number of aromatic nitrogens is 1. The number of carbonyl (C=O) groups excluding carboxylic acids is 1. The second-order valence-corrected chi connectivity index (χ2v) is 11.3. The third kappa shape index (κ3) is 4.77. The van der Waals surface area contributed by atoms with Crippen LogP contribution < -0.4 is 14.8 Å². The van der Waals surface area contributed by atoms with Gasteiger partial charge in [0.05, 0.1) is 25.0 Å². The number of allylic oxidation sites excluding steroid dienone is 1. The summed E-state index contributed by atoms with van der Waals surface area (Å²) in [5, 5.41) is 3.70. The number of sulfonamides is 1. The van der Waals surface area contributed by atoms with Gasteiger partial charge in [0.25, 0.3) is 0 Å². The number of hydrogen-bond acceptors (Lipinski definition) is 5. The van der Waals surface area contributed by atoms with Crippen LogP contribution in [0.25, 0.3) is 22.2 Å². The van der Waals surface area contributed by atoms with Crippen LogP contribution in [0.4, 0.5) is 5.69 Å². The fraction of sp³-hybridized carbons (Fsp3) is 0.308. The first-order chi connectivity index (χ1) is 16.0. The van der Waals surface area contributed by atoms with E-state index in [1.807, 2.05) is 30.3 Å². The number of rotatable bonds is 5. The van der Waals surface area contributed by atoms with E-state index in [0.29, 0.717) is 23.4 Å². The van der Waals surface area contributed by atoms with E-state index in [-0.39, 0.29) is 17.2 Å². The van der Waals surface area contributed by atoms with Crippen LogP contribution in [0.2, 0.25) is 0 Å². The Hall–Kier alpha value is -3.39. The minimum atomic E-state index is -3.35. The van der Waals surface area contributed by atoms with Crippen LogP contribution in [0, 0.1) is 0 Å². The highest BCUT2D eigenvalue weighted by Gasteiger charge is 2.29. The zero-order valence-electron chi connectivity index (χ0n) is 20.0. The van der Waals surface area contributed by atoms with E-state index < -0.39 is 10.0 Å². The molecule has 34 heavy (non-hydrogen) atoms. The summed E-state index contributed by atoms with van der Waals surface area (Å²) in [4.78, 5) is 17.7. The number of pyridine rings is 1. The van der Waals surface area contributed by atoms with Gasteiger partial charge in [-0.25, -0.2) is 13.4 Å². The number of amides is 1. The van der Waals surface area contributed by atoms with Gasteiger partial charge in [0.2, 0.25) is 15.9 Å². The minimum Gasteiger partial charge on any atom is -0.494 e. The Kier molecular flexibility index (Phi) is 6.12. The molecule has 0 bridgehead atoms. The summed E-state index contributed by atoms with van der Waals surface area (Å²) in [6.45, 7) is 6.33. The number of methoxy groups -OCH3 is 1. The number of carbonyl (C=O) groups is 1. The minimum absolute atomic E-state index is 0.0353. The van der Waals surface area contributed by atoms with Crippen molar-refractivity contribution >= 4 is 32.5 Å². The molecule has 0 saturated carbocycles. The van der Waals surface area contributed by atoms with Crippen molar-refractivity contribution in [2.75, 3.05) is 18.1 Å². The van der Waals surface area contributed by atoms with Crippen LogP contribution >= 0.6 is 0 Å². The molecule has 1 amide bonds. The first-order valence-corrected chi connectivity index (χ1v) is 12.9. The molecule has 1 aliphatic heterocycles. The Morgan fingerprint density at radius 1 is 1.12 bits per heavy atom. The average molecular weight is 480 g/mol. The molecule has 178 valence electrons. The van der Waals surface area contributed by atoms with Gasteiger partial charge in [0.15, 0.2) is 0 Å². The summed E-state index contributed by atoms with van der Waals surface area (Å²) in [5.74, 6) is 0.343. The van der Waals surface area contributed by atoms with Crippen molar-refractivity contribution in [1.82, 2.24) is 10.3 Å². The van der Waals surface area contributed by atoms with Crippen molar-refractivity contribution in [3.05, 3.63) is 65.9 Å². The van der Waals surface area contributed by atoms with Crippen molar-refractivity contribution < 1.29 is 17.9 Å². The molecule has 4 rings (SSSR count). The molecule has 1 unspecified atom stereocenters. The van der Waals surface area contributed by atoms with Gasteiger partial charge in [-0.15, -0.1) is 0 Å². The Bertz CT molecular complexity index is 1390. The van der Waals surface area contributed by atoms with E-state index in [0.717, 1.165) is 34.0 Å². The lowest BCUT2D eigenvalue weighted by atomic mass is 9.80. The highest BCUT2D eigenvalue weighted by Crippen LogP contribution is 2.42. The van der Waals surface area contributed by atoms with Crippen molar-refractivity contribution in [2.24, 2.45) is 0 Å². The summed E-state index contributed by atoms with van der Waals surface area (Å²) >= 11 is 0. The van der Waals surface area contributed by atoms with Crippen LogP contribution in [0.3, 0.4) is 0 Å². The van der Waals surface area contributed by atoms with Gasteiger partial charge in [-0.3, -0.25) is 9.52 Å². The topological polar surface area (TPSA) is 97.4 Å². The maximum absolute atomic E-state index is 12.7. The number of benzene rings is 2. The number of anilines is 1. The molecule has 7 nitrogen and oxygen atoms in total. The van der Waals surface area contributed by atoms with E-state index in [2.05, 4.69) is 36.9 Å². The fourth-order valence-corrected chi connectivity index (χ4v) is 4.81. The van der Waals surface area contributed by atoms with Gasteiger partial charge in [-0.05, 0) is 41.8 Å². The van der Waals surface area contributed by atoms with Gasteiger partial charge in [-0.1, -0.05) is 51.1 Å². The van der Waals surface area contributed by atoms with Crippen molar-refractivity contribution in [3.63, 3.8) is 0 Å². The molecule has 0 radical (unpaired) electrons. The fourth-order valence-electron chi connectivity index (χ4n) is 4.25. The van der Waals surface area contributed by atoms with Gasteiger partial charge >= 0.3 is 0 Å². The summed E-state index contributed by atoms with van der Waals surface area (Å²) < 4.78 is 31.3. The number of hydrogen-bond donors (Lipinski definition) is 2. The standard InChI is InChI=1S/C26H29N3O4S/c1-26(2,3)21-15-20(19-7-6-14-27-25(19)30)18-12-13-22(28-23(18)24(21)33-4)16-8-10-17(11-9-16)29-34(5,31)32/h6,8-15,19,29H,7H2,1-5H3,(H,27,30). The number of fused-ring (bicyclic) bond motifs is 1. The first-order valence-electron chi connectivity index (χ1n) is 11.0. The number of nitrogens with zero attached hydrogens (tertiary/aromatic N) is 1. The molecule has 2 aromatic carbocycles. The quantitative estimate of drug-likeness (QED) is 0.553. The largest absolute Gasteiger partial charge is 0.494 e. The SMILES string of the molecule is COc1c(C(C)(C)C)cc(C2CC=CNC2=O)c2ccc(-c3ccc(NS(C)(=O)=O)cc3)nc12. The Balaban J connectivity index is 1.90. The van der Waals surface area contributed by atoms with Crippen LogP contribution in [-0.2, 0) is 20.2 Å². The van der Waals surface area contributed by atoms with Crippen LogP contribution in [-0.4, -0.2) is 32.7 Å². The molecule has 0 aliphatic carbocycles. The maximum atomic E-state index is 12.7. The average Bonchev–Trinajstić information content (AvgIpc) is 2.77. The molecular formula is C26H29N3O4S. The second-order valence-electron chi connectivity index (χ2n) is 9.54. The molecule has 0 fully saturated rings. The van der Waals surface area contributed by atoms with Gasteiger partial charge in [0, 0.05) is 22.2 Å². The van der Waals surface area contributed by atoms with Gasteiger partial charge < -0.3 is 10.1 Å². The third-order valence-electron chi connectivity index (χ3n) is 5.87. The zero-order chi connectivity index (χ0) is 24.7. The second kappa shape index (κ2) is 8.76. The maximum Gasteiger partial charge on any atom is 0.231 e. The first kappa shape index (κ1) is 23.8. The lowest BCUT2D eigenvalue weighted by molar-refractivity contribution is -0.121. The Morgan fingerprint density at radius 3 is 2.41 bits per heavy atom. The molecule has 1 aromatic heterocycles. The van der Waals surface area contributed by atoms with Gasteiger partial charge in [-0.2, -0.15) is 0 Å². The molecule has 1 aliphatic rings. The highest BCUT2D eigenvalue weighted by molar-refractivity contribution is 7.92. The van der Waals surface area contributed by atoms with Crippen molar-refractivity contribution in [1.29, 1.82) is 0 Å². The van der Waals surface area contributed by atoms with Crippen LogP contribution in [0.1, 0.15) is 44.2 Å². The van der Waals surface area contributed by atoms with E-state index in [1.54, 1.807) is 25.4 Å². The predicted octanol–water partition coefficient (Wildman–Crippen LogP) is 4.70. The number of ether oxygens (including phenoxy) is 1. The van der Waals surface area contributed by atoms with E-state index in [4.69, 9.17) is 9.72 Å². The summed E-state index contributed by atoms with van der Waals surface area (Å²) in [5.41, 5.74) is 4.42. The van der Waals surface area contributed by atoms with E-state index >= 15 is 0 Å². The predicted molar refractivity (Wildman–Crippen MR) is 136 cm³/mol. The molecule has 3 aromatic rings. The lowest BCUT2D eigenvalue weighted by Crippen LogP contribution is -2.28. The van der Waals surface area contributed by atoms with Crippen molar-refractivity contribution in [2.45, 2.75) is 38.5 Å². The van der Waals surface area contributed by atoms with E-state index in [1.165, 1.54) is 0 Å². The smallest absolute Gasteiger partial charge is 0.231 e.